The average molecular weight is 737 g/mol. The van der Waals surface area contributed by atoms with Crippen molar-refractivity contribution in [3.8, 4) is 33.8 Å². The molecule has 0 amide bonds. The fourth-order valence-electron chi connectivity index (χ4n) is 6.24. The van der Waals surface area contributed by atoms with Crippen molar-refractivity contribution >= 4 is 23.3 Å². The van der Waals surface area contributed by atoms with Gasteiger partial charge in [-0.3, -0.25) is 9.78 Å². The third kappa shape index (κ3) is 10.1. The Balaban J connectivity index is 1.37. The molecule has 0 unspecified atom stereocenters. The number of aliphatic hydroxyl groups is 1. The molecule has 2 atom stereocenters. The second kappa shape index (κ2) is 18.2. The summed E-state index contributed by atoms with van der Waals surface area (Å²) in [6.45, 7) is 7.43. The molecule has 0 bridgehead atoms. The van der Waals surface area contributed by atoms with E-state index in [1.165, 1.54) is 27.8 Å². The lowest BCUT2D eigenvalue weighted by Gasteiger charge is -2.21. The van der Waals surface area contributed by atoms with Gasteiger partial charge in [-0.25, -0.2) is 0 Å². The van der Waals surface area contributed by atoms with E-state index in [2.05, 4.69) is 116 Å². The number of rotatable bonds is 17. The van der Waals surface area contributed by atoms with Gasteiger partial charge in [-0.2, -0.15) is 0 Å². The van der Waals surface area contributed by atoms with Gasteiger partial charge in [-0.15, -0.1) is 0 Å². The quantitative estimate of drug-likeness (QED) is 0.0747. The van der Waals surface area contributed by atoms with Crippen molar-refractivity contribution in [2.75, 3.05) is 33.0 Å². The highest BCUT2D eigenvalue weighted by Crippen LogP contribution is 2.37. The number of pyridine rings is 1. The van der Waals surface area contributed by atoms with Crippen molar-refractivity contribution in [3.63, 3.8) is 0 Å². The summed E-state index contributed by atoms with van der Waals surface area (Å²) in [4.78, 5) is 17.5. The van der Waals surface area contributed by atoms with E-state index in [1.807, 2.05) is 13.1 Å². The summed E-state index contributed by atoms with van der Waals surface area (Å²) in [6.07, 6.45) is 2.09. The number of anilines is 1. The third-order valence-corrected chi connectivity index (χ3v) is 9.93. The maximum atomic E-state index is 11.0. The number of carboxylic acids is 1. The van der Waals surface area contributed by atoms with E-state index in [0.717, 1.165) is 33.5 Å². The van der Waals surface area contributed by atoms with Crippen molar-refractivity contribution < 1.29 is 24.5 Å². The molecule has 4 aromatic carbocycles. The number of aliphatic hydroxyl groups excluding tert-OH is 1. The van der Waals surface area contributed by atoms with Gasteiger partial charge in [0.2, 0.25) is 0 Å². The molecular formula is C43H49ClN4O5. The van der Waals surface area contributed by atoms with Gasteiger partial charge >= 0.3 is 5.97 Å². The van der Waals surface area contributed by atoms with Gasteiger partial charge in [0.15, 0.2) is 0 Å². The molecule has 278 valence electrons. The molecule has 0 spiro atoms. The lowest BCUT2D eigenvalue weighted by molar-refractivity contribution is -0.139. The smallest absolute Gasteiger partial charge is 0.306 e. The molecular weight excluding hydrogens is 688 g/mol. The number of carbonyl (C=O) groups is 1. The second-order valence-corrected chi connectivity index (χ2v) is 13.9. The molecule has 1 aromatic heterocycles. The monoisotopic (exact) mass is 736 g/mol. The molecule has 0 aliphatic heterocycles. The van der Waals surface area contributed by atoms with Crippen molar-refractivity contribution in [2.24, 2.45) is 0 Å². The van der Waals surface area contributed by atoms with Crippen LogP contribution < -0.4 is 20.1 Å². The molecule has 0 fully saturated rings. The molecule has 0 saturated carbocycles. The van der Waals surface area contributed by atoms with Crippen molar-refractivity contribution in [3.05, 3.63) is 130 Å². The summed E-state index contributed by atoms with van der Waals surface area (Å²) in [7, 11) is 6.02. The number of ether oxygens (including phenoxy) is 2. The zero-order chi connectivity index (χ0) is 38.1. The van der Waals surface area contributed by atoms with Crippen LogP contribution in [0.4, 0.5) is 5.69 Å². The average Bonchev–Trinajstić information content (AvgIpc) is 3.14. The van der Waals surface area contributed by atoms with E-state index in [9.17, 15) is 9.90 Å². The topological polar surface area (TPSA) is 116 Å². The van der Waals surface area contributed by atoms with Crippen molar-refractivity contribution in [1.82, 2.24) is 15.2 Å². The third-order valence-electron chi connectivity index (χ3n) is 9.63. The number of aliphatic carboxylic acids is 1. The SMILES string of the molecule is CNc1cncc(COc2cc(OCc3cccc(-c4cccc(-c5ccc([C@H](C)N(C)C)cc5)c4C)c3C)c(Cl)cc2CNC[C@@H](O)CC(=O)O)c1. The molecule has 5 rings (SSSR count). The van der Waals surface area contributed by atoms with Crippen LogP contribution in [0.1, 0.15) is 52.8 Å². The van der Waals surface area contributed by atoms with Gasteiger partial charge in [0, 0.05) is 55.8 Å². The molecule has 0 aliphatic rings. The summed E-state index contributed by atoms with van der Waals surface area (Å²) in [6, 6.07) is 27.4. The van der Waals surface area contributed by atoms with Gasteiger partial charge in [0.05, 0.1) is 23.2 Å². The molecule has 4 N–H and O–H groups in total. The van der Waals surface area contributed by atoms with Gasteiger partial charge in [-0.1, -0.05) is 72.3 Å². The largest absolute Gasteiger partial charge is 0.488 e. The number of aromatic nitrogens is 1. The second-order valence-electron chi connectivity index (χ2n) is 13.5. The lowest BCUT2D eigenvalue weighted by atomic mass is 9.89. The summed E-state index contributed by atoms with van der Waals surface area (Å²) < 4.78 is 12.6. The van der Waals surface area contributed by atoms with Crippen LogP contribution >= 0.6 is 11.6 Å². The van der Waals surface area contributed by atoms with Crippen LogP contribution in [0.25, 0.3) is 22.3 Å². The minimum Gasteiger partial charge on any atom is -0.488 e. The van der Waals surface area contributed by atoms with Crippen LogP contribution in [-0.4, -0.2) is 59.9 Å². The van der Waals surface area contributed by atoms with Crippen LogP contribution in [-0.2, 0) is 24.6 Å². The zero-order valence-corrected chi connectivity index (χ0v) is 32.0. The molecule has 53 heavy (non-hydrogen) atoms. The minimum atomic E-state index is -1.06. The number of halogens is 1. The number of nitrogens with zero attached hydrogens (tertiary/aromatic N) is 2. The lowest BCUT2D eigenvalue weighted by Crippen LogP contribution is -2.28. The van der Waals surface area contributed by atoms with E-state index in [-0.39, 0.29) is 26.2 Å². The number of carboxylic acid groups (broad SMARTS) is 1. The van der Waals surface area contributed by atoms with Crippen molar-refractivity contribution in [2.45, 2.75) is 59.1 Å². The van der Waals surface area contributed by atoms with E-state index in [1.54, 1.807) is 24.5 Å². The first kappa shape index (κ1) is 39.3. The molecule has 1 heterocycles. The Kier molecular flexibility index (Phi) is 13.5. The van der Waals surface area contributed by atoms with Crippen LogP contribution in [0.2, 0.25) is 5.02 Å². The van der Waals surface area contributed by atoms with Crippen molar-refractivity contribution in [1.29, 1.82) is 0 Å². The van der Waals surface area contributed by atoms with Crippen LogP contribution in [0, 0.1) is 13.8 Å². The van der Waals surface area contributed by atoms with Gasteiger partial charge in [0.1, 0.15) is 24.7 Å². The number of nitrogens with one attached hydrogen (secondary N) is 2. The van der Waals surface area contributed by atoms with Gasteiger partial charge < -0.3 is 35.2 Å². The Morgan fingerprint density at radius 3 is 2.25 bits per heavy atom. The van der Waals surface area contributed by atoms with E-state index in [0.29, 0.717) is 29.1 Å². The minimum absolute atomic E-state index is 0.0933. The Morgan fingerprint density at radius 1 is 0.868 bits per heavy atom. The highest BCUT2D eigenvalue weighted by molar-refractivity contribution is 6.32. The number of benzene rings is 4. The van der Waals surface area contributed by atoms with Crippen LogP contribution in [0.15, 0.2) is 91.3 Å². The van der Waals surface area contributed by atoms with Crippen LogP contribution in [0.3, 0.4) is 0 Å². The predicted octanol–water partition coefficient (Wildman–Crippen LogP) is 8.43. The Morgan fingerprint density at radius 2 is 1.55 bits per heavy atom. The molecule has 0 saturated heterocycles. The number of hydrogen-bond acceptors (Lipinski definition) is 8. The first-order valence-electron chi connectivity index (χ1n) is 17.7. The van der Waals surface area contributed by atoms with E-state index in [4.69, 9.17) is 26.2 Å². The Labute approximate surface area is 317 Å². The molecule has 9 nitrogen and oxygen atoms in total. The van der Waals surface area contributed by atoms with Crippen LogP contribution in [0.5, 0.6) is 11.5 Å². The molecule has 5 aromatic rings. The fraction of sp³-hybridized carbons (Fsp3) is 0.302. The summed E-state index contributed by atoms with van der Waals surface area (Å²) in [5.74, 6) is -0.0547. The highest BCUT2D eigenvalue weighted by Gasteiger charge is 2.17. The summed E-state index contributed by atoms with van der Waals surface area (Å²) in [5.41, 5.74) is 11.8. The summed E-state index contributed by atoms with van der Waals surface area (Å²) >= 11 is 6.78. The predicted molar refractivity (Wildman–Crippen MR) is 213 cm³/mol. The molecule has 10 heteroatoms. The zero-order valence-electron chi connectivity index (χ0n) is 31.2. The normalized spacial score (nSPS) is 12.4. The fourth-order valence-corrected chi connectivity index (χ4v) is 6.48. The Bertz CT molecular complexity index is 2020. The van der Waals surface area contributed by atoms with Gasteiger partial charge in [-0.05, 0) is 91.5 Å². The first-order valence-corrected chi connectivity index (χ1v) is 18.1. The Hall–Kier alpha value is -4.93. The highest BCUT2D eigenvalue weighted by atomic mass is 35.5. The van der Waals surface area contributed by atoms with E-state index >= 15 is 0 Å². The van der Waals surface area contributed by atoms with Gasteiger partial charge in [0.25, 0.3) is 0 Å². The number of hydrogen-bond donors (Lipinski definition) is 4. The summed E-state index contributed by atoms with van der Waals surface area (Å²) in [5, 5.41) is 25.6. The first-order chi connectivity index (χ1) is 25.4. The molecule has 0 aliphatic carbocycles. The maximum absolute atomic E-state index is 11.0. The van der Waals surface area contributed by atoms with E-state index < -0.39 is 12.1 Å². The molecule has 0 radical (unpaired) electrons. The maximum Gasteiger partial charge on any atom is 0.306 e. The standard InChI is InChI=1S/C43H49ClN4O5/c1-27-33(9-7-11-38(27)39-12-8-10-37(28(39)2)32-15-13-31(14-16-32)29(3)48(5)6)26-53-42-20-41(52-25-30-17-35(45-4)23-46-21-30)34(18-40(42)44)22-47-24-36(49)19-43(50)51/h7-18,20-21,23,29,36,45,47,49H,19,22,24-26H2,1-6H3,(H,50,51)/t29-,36-/m0/s1.